The summed E-state index contributed by atoms with van der Waals surface area (Å²) in [6, 6.07) is 0. The Labute approximate surface area is 96.0 Å². The molecule has 16 heavy (non-hydrogen) atoms. The minimum atomic E-state index is -2.88. The molecule has 0 saturated carbocycles. The van der Waals surface area contributed by atoms with Crippen molar-refractivity contribution in [2.75, 3.05) is 18.6 Å². The Morgan fingerprint density at radius 2 is 2.25 bits per heavy atom. The van der Waals surface area contributed by atoms with Crippen molar-refractivity contribution in [3.05, 3.63) is 12.2 Å². The zero-order valence-corrected chi connectivity index (χ0v) is 10.5. The molecule has 6 nitrogen and oxygen atoms in total. The van der Waals surface area contributed by atoms with Crippen LogP contribution in [0.2, 0.25) is 0 Å². The predicted molar refractivity (Wildman–Crippen MR) is 61.7 cm³/mol. The minimum Gasteiger partial charge on any atom is -0.310 e. The lowest BCUT2D eigenvalue weighted by molar-refractivity contribution is 0.541. The lowest BCUT2D eigenvalue weighted by Crippen LogP contribution is -2.18. The molecule has 0 unspecified atom stereocenters. The van der Waals surface area contributed by atoms with E-state index < -0.39 is 9.84 Å². The van der Waals surface area contributed by atoms with E-state index in [0.717, 1.165) is 12.4 Å². The van der Waals surface area contributed by atoms with E-state index in [0.29, 0.717) is 19.5 Å². The molecule has 1 aromatic heterocycles. The molecule has 0 aliphatic rings. The average Bonchev–Trinajstić information content (AvgIpc) is 2.60. The Kier molecular flexibility index (Phi) is 4.88. The van der Waals surface area contributed by atoms with E-state index in [1.54, 1.807) is 4.68 Å². The summed E-state index contributed by atoms with van der Waals surface area (Å²) in [5, 5.41) is 7.22. The zero-order valence-electron chi connectivity index (χ0n) is 9.68. The van der Waals surface area contributed by atoms with E-state index in [2.05, 4.69) is 15.4 Å². The van der Waals surface area contributed by atoms with Crippen molar-refractivity contribution in [1.82, 2.24) is 20.1 Å². The normalized spacial score (nSPS) is 11.9. The first-order valence-corrected chi connectivity index (χ1v) is 7.34. The maximum atomic E-state index is 11.0. The van der Waals surface area contributed by atoms with Crippen LogP contribution >= 0.6 is 0 Å². The van der Waals surface area contributed by atoms with Gasteiger partial charge in [-0.2, -0.15) is 5.10 Å². The SMILES string of the molecule is CCNCc1ncnn1CCCS(C)(=O)=O. The van der Waals surface area contributed by atoms with Crippen molar-refractivity contribution in [3.63, 3.8) is 0 Å². The number of hydrogen-bond acceptors (Lipinski definition) is 5. The Bertz CT molecular complexity index is 413. The lowest BCUT2D eigenvalue weighted by Gasteiger charge is -2.05. The molecule has 0 bridgehead atoms. The van der Waals surface area contributed by atoms with Gasteiger partial charge in [-0.1, -0.05) is 6.92 Å². The molecule has 0 amide bonds. The molecule has 0 atom stereocenters. The zero-order chi connectivity index (χ0) is 12.0. The van der Waals surface area contributed by atoms with Gasteiger partial charge in [0.05, 0.1) is 12.3 Å². The van der Waals surface area contributed by atoms with E-state index >= 15 is 0 Å². The van der Waals surface area contributed by atoms with Crippen LogP contribution in [0.4, 0.5) is 0 Å². The quantitative estimate of drug-likeness (QED) is 0.722. The Morgan fingerprint density at radius 1 is 1.50 bits per heavy atom. The third kappa shape index (κ3) is 4.71. The van der Waals surface area contributed by atoms with Crippen molar-refractivity contribution in [3.8, 4) is 0 Å². The van der Waals surface area contributed by atoms with Crippen LogP contribution in [0, 0.1) is 0 Å². The number of nitrogens with zero attached hydrogens (tertiary/aromatic N) is 3. The van der Waals surface area contributed by atoms with E-state index in [1.165, 1.54) is 12.6 Å². The van der Waals surface area contributed by atoms with Crippen molar-refractivity contribution in [1.29, 1.82) is 0 Å². The van der Waals surface area contributed by atoms with Crippen molar-refractivity contribution in [2.24, 2.45) is 0 Å². The molecular weight excluding hydrogens is 228 g/mol. The molecule has 0 aromatic carbocycles. The van der Waals surface area contributed by atoms with E-state index in [9.17, 15) is 8.42 Å². The number of sulfone groups is 1. The van der Waals surface area contributed by atoms with Crippen LogP contribution in [0.25, 0.3) is 0 Å². The molecule has 0 fully saturated rings. The maximum Gasteiger partial charge on any atom is 0.147 e. The van der Waals surface area contributed by atoms with Gasteiger partial charge >= 0.3 is 0 Å². The van der Waals surface area contributed by atoms with Crippen LogP contribution in [0.1, 0.15) is 19.2 Å². The molecule has 1 rings (SSSR count). The molecule has 1 N–H and O–H groups in total. The van der Waals surface area contributed by atoms with Crippen LogP contribution in [0.3, 0.4) is 0 Å². The summed E-state index contributed by atoms with van der Waals surface area (Å²) in [6.45, 7) is 4.14. The summed E-state index contributed by atoms with van der Waals surface area (Å²) in [4.78, 5) is 4.11. The highest BCUT2D eigenvalue weighted by molar-refractivity contribution is 7.90. The highest BCUT2D eigenvalue weighted by Crippen LogP contribution is 1.98. The minimum absolute atomic E-state index is 0.188. The number of rotatable bonds is 7. The second kappa shape index (κ2) is 5.95. The topological polar surface area (TPSA) is 76.9 Å². The van der Waals surface area contributed by atoms with Gasteiger partial charge in [0.2, 0.25) is 0 Å². The maximum absolute atomic E-state index is 11.0. The number of aromatic nitrogens is 3. The Hall–Kier alpha value is -0.950. The fraction of sp³-hybridized carbons (Fsp3) is 0.778. The molecule has 0 radical (unpaired) electrons. The summed E-state index contributed by atoms with van der Waals surface area (Å²) in [5.74, 6) is 1.03. The molecular formula is C9H18N4O2S. The molecule has 7 heteroatoms. The molecule has 1 heterocycles. The number of aryl methyl sites for hydroxylation is 1. The van der Waals surface area contributed by atoms with Crippen molar-refractivity contribution < 1.29 is 8.42 Å². The van der Waals surface area contributed by atoms with Gasteiger partial charge in [0.1, 0.15) is 22.0 Å². The molecule has 0 saturated heterocycles. The Morgan fingerprint density at radius 3 is 2.88 bits per heavy atom. The highest BCUT2D eigenvalue weighted by Gasteiger charge is 2.06. The van der Waals surface area contributed by atoms with Gasteiger partial charge < -0.3 is 5.32 Å². The average molecular weight is 246 g/mol. The fourth-order valence-electron chi connectivity index (χ4n) is 1.33. The third-order valence-corrected chi connectivity index (χ3v) is 3.14. The fourth-order valence-corrected chi connectivity index (χ4v) is 1.98. The monoisotopic (exact) mass is 246 g/mol. The standard InChI is InChI=1S/C9H18N4O2S/c1-3-10-7-9-11-8-12-13(9)5-4-6-16(2,14)15/h8,10H,3-7H2,1-2H3. The smallest absolute Gasteiger partial charge is 0.147 e. The van der Waals surface area contributed by atoms with Gasteiger partial charge in [-0.05, 0) is 13.0 Å². The molecule has 0 spiro atoms. The Balaban J connectivity index is 2.44. The summed E-state index contributed by atoms with van der Waals surface area (Å²) >= 11 is 0. The molecule has 0 aliphatic carbocycles. The van der Waals surface area contributed by atoms with Crippen molar-refractivity contribution >= 4 is 9.84 Å². The second-order valence-corrected chi connectivity index (χ2v) is 5.92. The summed E-state index contributed by atoms with van der Waals surface area (Å²) < 4.78 is 23.7. The summed E-state index contributed by atoms with van der Waals surface area (Å²) in [6.07, 6.45) is 3.31. The van der Waals surface area contributed by atoms with Crippen LogP contribution in [-0.2, 0) is 22.9 Å². The van der Waals surface area contributed by atoms with Gasteiger partial charge in [0.25, 0.3) is 0 Å². The summed E-state index contributed by atoms with van der Waals surface area (Å²) in [7, 11) is -2.88. The van der Waals surface area contributed by atoms with E-state index in [1.807, 2.05) is 6.92 Å². The summed E-state index contributed by atoms with van der Waals surface area (Å²) in [5.41, 5.74) is 0. The highest BCUT2D eigenvalue weighted by atomic mass is 32.2. The van der Waals surface area contributed by atoms with Crippen molar-refractivity contribution in [2.45, 2.75) is 26.4 Å². The number of hydrogen-bond donors (Lipinski definition) is 1. The largest absolute Gasteiger partial charge is 0.310 e. The molecule has 92 valence electrons. The van der Waals surface area contributed by atoms with Gasteiger partial charge in [-0.15, -0.1) is 0 Å². The van der Waals surface area contributed by atoms with Gasteiger partial charge in [-0.25, -0.2) is 18.1 Å². The van der Waals surface area contributed by atoms with E-state index in [4.69, 9.17) is 0 Å². The third-order valence-electron chi connectivity index (χ3n) is 2.11. The van der Waals surface area contributed by atoms with Gasteiger partial charge in [0, 0.05) is 12.8 Å². The van der Waals surface area contributed by atoms with Gasteiger partial charge in [-0.3, -0.25) is 0 Å². The van der Waals surface area contributed by atoms with Crippen LogP contribution in [0.15, 0.2) is 6.33 Å². The first kappa shape index (κ1) is 13.1. The van der Waals surface area contributed by atoms with Crippen LogP contribution < -0.4 is 5.32 Å². The first-order valence-electron chi connectivity index (χ1n) is 5.28. The van der Waals surface area contributed by atoms with Crippen LogP contribution in [-0.4, -0.2) is 41.7 Å². The predicted octanol–water partition coefficient (Wildman–Crippen LogP) is -0.178. The lowest BCUT2D eigenvalue weighted by atomic mass is 10.4. The molecule has 0 aliphatic heterocycles. The second-order valence-electron chi connectivity index (χ2n) is 3.66. The van der Waals surface area contributed by atoms with Gasteiger partial charge in [0.15, 0.2) is 0 Å². The first-order chi connectivity index (χ1) is 7.53. The molecule has 1 aromatic rings. The van der Waals surface area contributed by atoms with Crippen LogP contribution in [0.5, 0.6) is 0 Å². The number of nitrogens with one attached hydrogen (secondary N) is 1. The van der Waals surface area contributed by atoms with E-state index in [-0.39, 0.29) is 5.75 Å².